The molecule has 0 atom stereocenters. The number of aromatic nitrogens is 2. The Morgan fingerprint density at radius 3 is 2.69 bits per heavy atom. The molecular formula is C11H12ClN3O. The van der Waals surface area contributed by atoms with Gasteiger partial charge in [0.15, 0.2) is 11.0 Å². The Balaban J connectivity index is 2.11. The SMILES string of the molecule is Cc1occc1CN(C)c1ccc(Cl)nn1. The zero-order chi connectivity index (χ0) is 11.5. The largest absolute Gasteiger partial charge is 0.469 e. The van der Waals surface area contributed by atoms with Crippen molar-refractivity contribution < 1.29 is 4.42 Å². The molecule has 0 radical (unpaired) electrons. The van der Waals surface area contributed by atoms with E-state index in [2.05, 4.69) is 10.2 Å². The van der Waals surface area contributed by atoms with Gasteiger partial charge in [0, 0.05) is 19.2 Å². The molecule has 0 fully saturated rings. The first kappa shape index (κ1) is 11.0. The van der Waals surface area contributed by atoms with E-state index in [0.29, 0.717) is 5.15 Å². The Labute approximate surface area is 98.8 Å². The van der Waals surface area contributed by atoms with Crippen LogP contribution >= 0.6 is 11.6 Å². The van der Waals surface area contributed by atoms with E-state index in [4.69, 9.17) is 16.0 Å². The van der Waals surface area contributed by atoms with Crippen LogP contribution in [0.2, 0.25) is 5.15 Å². The number of halogens is 1. The summed E-state index contributed by atoms with van der Waals surface area (Å²) in [6.45, 7) is 2.68. The first-order valence-electron chi connectivity index (χ1n) is 4.90. The molecule has 0 saturated carbocycles. The topological polar surface area (TPSA) is 42.2 Å². The highest BCUT2D eigenvalue weighted by molar-refractivity contribution is 6.29. The van der Waals surface area contributed by atoms with Crippen LogP contribution in [0.3, 0.4) is 0 Å². The quantitative estimate of drug-likeness (QED) is 0.823. The van der Waals surface area contributed by atoms with E-state index in [9.17, 15) is 0 Å². The summed E-state index contributed by atoms with van der Waals surface area (Å²) in [5.41, 5.74) is 1.14. The minimum atomic E-state index is 0.400. The number of nitrogens with zero attached hydrogens (tertiary/aromatic N) is 3. The van der Waals surface area contributed by atoms with Gasteiger partial charge in [-0.2, -0.15) is 0 Å². The lowest BCUT2D eigenvalue weighted by Crippen LogP contribution is -2.18. The molecule has 5 heteroatoms. The molecular weight excluding hydrogens is 226 g/mol. The van der Waals surface area contributed by atoms with Crippen LogP contribution in [0, 0.1) is 6.92 Å². The fourth-order valence-electron chi connectivity index (χ4n) is 1.42. The van der Waals surface area contributed by atoms with Gasteiger partial charge in [0.25, 0.3) is 0 Å². The molecule has 0 aliphatic carbocycles. The van der Waals surface area contributed by atoms with Gasteiger partial charge in [0.2, 0.25) is 0 Å². The van der Waals surface area contributed by atoms with E-state index in [1.807, 2.05) is 31.0 Å². The average molecular weight is 238 g/mol. The second kappa shape index (κ2) is 4.53. The van der Waals surface area contributed by atoms with Crippen molar-refractivity contribution in [2.24, 2.45) is 0 Å². The Bertz CT molecular complexity index is 466. The highest BCUT2D eigenvalue weighted by Crippen LogP contribution is 2.16. The number of hydrogen-bond donors (Lipinski definition) is 0. The van der Waals surface area contributed by atoms with Gasteiger partial charge in [-0.15, -0.1) is 10.2 Å². The maximum Gasteiger partial charge on any atom is 0.151 e. The summed E-state index contributed by atoms with van der Waals surface area (Å²) in [7, 11) is 1.95. The lowest BCUT2D eigenvalue weighted by molar-refractivity contribution is 0.529. The van der Waals surface area contributed by atoms with Crippen LogP contribution in [-0.2, 0) is 6.54 Å². The van der Waals surface area contributed by atoms with Crippen LogP contribution in [0.15, 0.2) is 28.9 Å². The van der Waals surface area contributed by atoms with Crippen molar-refractivity contribution in [2.45, 2.75) is 13.5 Å². The highest BCUT2D eigenvalue weighted by atomic mass is 35.5. The summed E-state index contributed by atoms with van der Waals surface area (Å²) >= 11 is 5.68. The number of furan rings is 1. The van der Waals surface area contributed by atoms with Crippen molar-refractivity contribution in [3.8, 4) is 0 Å². The van der Waals surface area contributed by atoms with E-state index in [1.165, 1.54) is 0 Å². The Morgan fingerprint density at radius 1 is 1.31 bits per heavy atom. The molecule has 0 spiro atoms. The molecule has 16 heavy (non-hydrogen) atoms. The molecule has 0 aliphatic rings. The van der Waals surface area contributed by atoms with Gasteiger partial charge in [-0.1, -0.05) is 11.6 Å². The third-order valence-electron chi connectivity index (χ3n) is 2.38. The number of hydrogen-bond acceptors (Lipinski definition) is 4. The smallest absolute Gasteiger partial charge is 0.151 e. The van der Waals surface area contributed by atoms with Crippen molar-refractivity contribution in [3.05, 3.63) is 40.9 Å². The monoisotopic (exact) mass is 237 g/mol. The minimum Gasteiger partial charge on any atom is -0.469 e. The van der Waals surface area contributed by atoms with Crippen LogP contribution < -0.4 is 4.90 Å². The van der Waals surface area contributed by atoms with Gasteiger partial charge < -0.3 is 9.32 Å². The van der Waals surface area contributed by atoms with Gasteiger partial charge in [0.05, 0.1) is 6.26 Å². The van der Waals surface area contributed by atoms with Crippen LogP contribution in [0.5, 0.6) is 0 Å². The maximum absolute atomic E-state index is 5.68. The van der Waals surface area contributed by atoms with Crippen LogP contribution in [0.25, 0.3) is 0 Å². The van der Waals surface area contributed by atoms with E-state index in [0.717, 1.165) is 23.7 Å². The molecule has 0 N–H and O–H groups in total. The summed E-state index contributed by atoms with van der Waals surface area (Å²) in [6.07, 6.45) is 1.69. The molecule has 2 rings (SSSR count). The molecule has 2 aromatic rings. The zero-order valence-corrected chi connectivity index (χ0v) is 9.90. The third-order valence-corrected chi connectivity index (χ3v) is 2.58. The van der Waals surface area contributed by atoms with Crippen molar-refractivity contribution >= 4 is 17.4 Å². The molecule has 0 amide bonds. The second-order valence-electron chi connectivity index (χ2n) is 3.57. The third kappa shape index (κ3) is 2.33. The van der Waals surface area contributed by atoms with Crippen molar-refractivity contribution in [3.63, 3.8) is 0 Å². The molecule has 0 aromatic carbocycles. The second-order valence-corrected chi connectivity index (χ2v) is 3.96. The van der Waals surface area contributed by atoms with Crippen molar-refractivity contribution in [1.29, 1.82) is 0 Å². The van der Waals surface area contributed by atoms with Crippen LogP contribution in [-0.4, -0.2) is 17.2 Å². The summed E-state index contributed by atoms with van der Waals surface area (Å²) in [6, 6.07) is 5.52. The van der Waals surface area contributed by atoms with E-state index >= 15 is 0 Å². The van der Waals surface area contributed by atoms with Gasteiger partial charge in [-0.3, -0.25) is 0 Å². The zero-order valence-electron chi connectivity index (χ0n) is 9.14. The highest BCUT2D eigenvalue weighted by Gasteiger charge is 2.07. The summed E-state index contributed by atoms with van der Waals surface area (Å²) in [5.74, 6) is 1.71. The summed E-state index contributed by atoms with van der Waals surface area (Å²) < 4.78 is 5.24. The lowest BCUT2D eigenvalue weighted by atomic mass is 10.2. The molecule has 0 unspecified atom stereocenters. The molecule has 84 valence electrons. The molecule has 0 saturated heterocycles. The fraction of sp³-hybridized carbons (Fsp3) is 0.273. The predicted molar refractivity (Wildman–Crippen MR) is 62.6 cm³/mol. The predicted octanol–water partition coefficient (Wildman–Crippen LogP) is 2.67. The lowest BCUT2D eigenvalue weighted by Gasteiger charge is -2.16. The van der Waals surface area contributed by atoms with Crippen LogP contribution in [0.4, 0.5) is 5.82 Å². The van der Waals surface area contributed by atoms with Gasteiger partial charge in [-0.25, -0.2) is 0 Å². The van der Waals surface area contributed by atoms with Gasteiger partial charge in [0.1, 0.15) is 5.76 Å². The van der Waals surface area contributed by atoms with E-state index < -0.39 is 0 Å². The molecule has 4 nitrogen and oxygen atoms in total. The Hall–Kier alpha value is -1.55. The molecule has 0 bridgehead atoms. The molecule has 2 heterocycles. The van der Waals surface area contributed by atoms with Crippen molar-refractivity contribution in [1.82, 2.24) is 10.2 Å². The number of aryl methyl sites for hydroxylation is 1. The summed E-state index contributed by atoms with van der Waals surface area (Å²) in [4.78, 5) is 1.99. The first-order chi connectivity index (χ1) is 7.66. The Morgan fingerprint density at radius 2 is 2.12 bits per heavy atom. The van der Waals surface area contributed by atoms with E-state index in [-0.39, 0.29) is 0 Å². The van der Waals surface area contributed by atoms with Gasteiger partial charge in [-0.05, 0) is 25.1 Å². The number of anilines is 1. The minimum absolute atomic E-state index is 0.400. The average Bonchev–Trinajstić information content (AvgIpc) is 2.65. The van der Waals surface area contributed by atoms with Crippen molar-refractivity contribution in [2.75, 3.05) is 11.9 Å². The Kier molecular flexibility index (Phi) is 3.10. The molecule has 2 aromatic heterocycles. The van der Waals surface area contributed by atoms with E-state index in [1.54, 1.807) is 12.3 Å². The van der Waals surface area contributed by atoms with Crippen LogP contribution in [0.1, 0.15) is 11.3 Å². The first-order valence-corrected chi connectivity index (χ1v) is 5.28. The summed E-state index contributed by atoms with van der Waals surface area (Å²) in [5, 5.41) is 8.20. The van der Waals surface area contributed by atoms with Gasteiger partial charge >= 0.3 is 0 Å². The number of rotatable bonds is 3. The maximum atomic E-state index is 5.68. The molecule has 0 aliphatic heterocycles. The standard InChI is InChI=1S/C11H12ClN3O/c1-8-9(5-6-16-8)7-15(2)11-4-3-10(12)13-14-11/h3-6H,7H2,1-2H3. The fourth-order valence-corrected chi connectivity index (χ4v) is 1.53. The normalized spacial score (nSPS) is 10.4.